The Bertz CT molecular complexity index is 1380. The zero-order chi connectivity index (χ0) is 22.4. The van der Waals surface area contributed by atoms with E-state index in [1.165, 1.54) is 5.56 Å². The second-order valence-electron chi connectivity index (χ2n) is 8.15. The van der Waals surface area contributed by atoms with Crippen molar-refractivity contribution in [3.63, 3.8) is 0 Å². The second-order valence-corrected chi connectivity index (χ2v) is 8.15. The number of amides is 3. The molecule has 2 aliphatic rings. The molecule has 3 aromatic carbocycles. The summed E-state index contributed by atoms with van der Waals surface area (Å²) in [5, 5.41) is 3.71. The van der Waals surface area contributed by atoms with Crippen LogP contribution in [0.1, 0.15) is 33.2 Å². The minimum atomic E-state index is -0.434. The van der Waals surface area contributed by atoms with Crippen LogP contribution >= 0.6 is 0 Å². The first-order valence-electron chi connectivity index (χ1n) is 10.8. The van der Waals surface area contributed by atoms with Crippen molar-refractivity contribution in [2.24, 2.45) is 0 Å². The number of fused-ring (bicyclic) bond motifs is 4. The molecule has 0 saturated heterocycles. The Labute approximate surface area is 189 Å². The molecular weight excluding hydrogens is 418 g/mol. The standard InChI is InChI=1S/C26H21N3O4/c30-25(16-6-2-1-3-7-16)28-26(31)29-13-12-19-18-8-4-5-9-20(18)27-23(19)24(29)17-10-11-21-22(14-17)33-15-32-21/h1-11,14,24,27H,12-13,15H2,(H,28,30,31). The van der Waals surface area contributed by atoms with Crippen molar-refractivity contribution < 1.29 is 19.1 Å². The van der Waals surface area contributed by atoms with E-state index in [2.05, 4.69) is 16.4 Å². The molecule has 0 fully saturated rings. The van der Waals surface area contributed by atoms with Crippen molar-refractivity contribution in [2.75, 3.05) is 13.3 Å². The molecule has 0 radical (unpaired) electrons. The fourth-order valence-corrected chi connectivity index (χ4v) is 4.72. The molecule has 0 spiro atoms. The normalized spacial score (nSPS) is 16.5. The summed E-state index contributed by atoms with van der Waals surface area (Å²) in [5.74, 6) is 0.908. The average molecular weight is 439 g/mol. The summed E-state index contributed by atoms with van der Waals surface area (Å²) in [5.41, 5.74) is 4.48. The molecule has 4 aromatic rings. The number of imide groups is 1. The summed E-state index contributed by atoms with van der Waals surface area (Å²) in [6, 6.07) is 21.7. The number of aromatic amines is 1. The van der Waals surface area contributed by atoms with Crippen LogP contribution < -0.4 is 14.8 Å². The molecule has 7 nitrogen and oxygen atoms in total. The lowest BCUT2D eigenvalue weighted by Crippen LogP contribution is -2.47. The van der Waals surface area contributed by atoms with Crippen LogP contribution in [0.15, 0.2) is 72.8 Å². The van der Waals surface area contributed by atoms with Crippen molar-refractivity contribution in [1.29, 1.82) is 0 Å². The largest absolute Gasteiger partial charge is 0.454 e. The highest BCUT2D eigenvalue weighted by Gasteiger charge is 2.36. The lowest BCUT2D eigenvalue weighted by Gasteiger charge is -2.36. The summed E-state index contributed by atoms with van der Waals surface area (Å²) in [6.07, 6.45) is 0.688. The van der Waals surface area contributed by atoms with E-state index in [9.17, 15) is 9.59 Å². The van der Waals surface area contributed by atoms with E-state index in [4.69, 9.17) is 9.47 Å². The van der Waals surface area contributed by atoms with Crippen molar-refractivity contribution in [1.82, 2.24) is 15.2 Å². The number of nitrogens with zero attached hydrogens (tertiary/aromatic N) is 1. The maximum Gasteiger partial charge on any atom is 0.325 e. The molecule has 3 amide bonds. The number of hydrogen-bond donors (Lipinski definition) is 2. The molecule has 1 aromatic heterocycles. The third kappa shape index (κ3) is 3.29. The highest BCUT2D eigenvalue weighted by Crippen LogP contribution is 2.42. The third-order valence-corrected chi connectivity index (χ3v) is 6.26. The van der Waals surface area contributed by atoms with E-state index >= 15 is 0 Å². The molecule has 2 aliphatic heterocycles. The predicted octanol–water partition coefficient (Wildman–Crippen LogP) is 4.39. The van der Waals surface area contributed by atoms with Gasteiger partial charge in [0, 0.05) is 28.7 Å². The summed E-state index contributed by atoms with van der Waals surface area (Å²) in [4.78, 5) is 31.3. The van der Waals surface area contributed by atoms with Crippen LogP contribution in [0.4, 0.5) is 4.79 Å². The summed E-state index contributed by atoms with van der Waals surface area (Å²) in [6.45, 7) is 0.652. The Kier molecular flexibility index (Phi) is 4.54. The molecule has 0 aliphatic carbocycles. The molecule has 0 saturated carbocycles. The van der Waals surface area contributed by atoms with Gasteiger partial charge in [0.2, 0.25) is 6.79 Å². The van der Waals surface area contributed by atoms with Crippen LogP contribution in [-0.2, 0) is 6.42 Å². The van der Waals surface area contributed by atoms with E-state index in [-0.39, 0.29) is 6.79 Å². The van der Waals surface area contributed by atoms with Crippen LogP contribution in [-0.4, -0.2) is 35.2 Å². The summed E-state index contributed by atoms with van der Waals surface area (Å²) >= 11 is 0. The molecule has 1 unspecified atom stereocenters. The Morgan fingerprint density at radius 2 is 1.73 bits per heavy atom. The van der Waals surface area contributed by atoms with Crippen molar-refractivity contribution in [3.8, 4) is 11.5 Å². The first kappa shape index (κ1) is 19.4. The molecule has 3 heterocycles. The lowest BCUT2D eigenvalue weighted by molar-refractivity contribution is 0.0945. The Morgan fingerprint density at radius 1 is 0.939 bits per heavy atom. The maximum atomic E-state index is 13.3. The Balaban J connectivity index is 1.41. The predicted molar refractivity (Wildman–Crippen MR) is 122 cm³/mol. The van der Waals surface area contributed by atoms with Gasteiger partial charge < -0.3 is 19.4 Å². The number of urea groups is 1. The number of aromatic nitrogens is 1. The number of hydrogen-bond acceptors (Lipinski definition) is 4. The zero-order valence-corrected chi connectivity index (χ0v) is 17.7. The smallest absolute Gasteiger partial charge is 0.325 e. The molecule has 0 bridgehead atoms. The number of nitrogens with one attached hydrogen (secondary N) is 2. The van der Waals surface area contributed by atoms with Gasteiger partial charge in [-0.3, -0.25) is 10.1 Å². The van der Waals surface area contributed by atoms with E-state index in [0.29, 0.717) is 30.0 Å². The summed E-state index contributed by atoms with van der Waals surface area (Å²) < 4.78 is 11.1. The monoisotopic (exact) mass is 439 g/mol. The Morgan fingerprint density at radius 3 is 2.61 bits per heavy atom. The van der Waals surface area contributed by atoms with E-state index in [1.54, 1.807) is 29.2 Å². The average Bonchev–Trinajstić information content (AvgIpc) is 3.47. The number of ether oxygens (including phenoxy) is 2. The molecule has 1 atom stereocenters. The minimum absolute atomic E-state index is 0.177. The van der Waals surface area contributed by atoms with Gasteiger partial charge in [0.1, 0.15) is 0 Å². The van der Waals surface area contributed by atoms with E-state index in [1.807, 2.05) is 42.5 Å². The lowest BCUT2D eigenvalue weighted by atomic mass is 9.92. The zero-order valence-electron chi connectivity index (χ0n) is 17.7. The number of para-hydroxylation sites is 1. The number of benzene rings is 3. The van der Waals surface area contributed by atoms with Gasteiger partial charge in [0.05, 0.1) is 6.04 Å². The second kappa shape index (κ2) is 7.70. The van der Waals surface area contributed by atoms with E-state index in [0.717, 1.165) is 22.2 Å². The minimum Gasteiger partial charge on any atom is -0.454 e. The highest BCUT2D eigenvalue weighted by molar-refractivity contribution is 6.04. The molecular formula is C26H21N3O4. The van der Waals surface area contributed by atoms with Crippen LogP contribution in [0.5, 0.6) is 11.5 Å². The quantitative estimate of drug-likeness (QED) is 0.485. The van der Waals surface area contributed by atoms with Gasteiger partial charge in [-0.25, -0.2) is 4.79 Å². The first-order chi connectivity index (χ1) is 16.2. The number of carbonyl (C=O) groups excluding carboxylic acids is 2. The molecule has 164 valence electrons. The molecule has 2 N–H and O–H groups in total. The van der Waals surface area contributed by atoms with E-state index < -0.39 is 18.0 Å². The van der Waals surface area contributed by atoms with Gasteiger partial charge in [-0.15, -0.1) is 0 Å². The number of carbonyl (C=O) groups is 2. The van der Waals surface area contributed by atoms with Crippen LogP contribution in [0.25, 0.3) is 10.9 Å². The van der Waals surface area contributed by atoms with Crippen molar-refractivity contribution >= 4 is 22.8 Å². The topological polar surface area (TPSA) is 83.7 Å². The fraction of sp³-hybridized carbons (Fsp3) is 0.154. The Hall–Kier alpha value is -4.26. The van der Waals surface area contributed by atoms with Crippen LogP contribution in [0.2, 0.25) is 0 Å². The van der Waals surface area contributed by atoms with Gasteiger partial charge in [-0.05, 0) is 47.9 Å². The van der Waals surface area contributed by atoms with Gasteiger partial charge in [-0.2, -0.15) is 0 Å². The van der Waals surface area contributed by atoms with Gasteiger partial charge in [-0.1, -0.05) is 42.5 Å². The SMILES string of the molecule is O=C(NC(=O)N1CCc2c([nH]c3ccccc23)C1c1ccc2c(c1)OCO2)c1ccccc1. The first-order valence-corrected chi connectivity index (χ1v) is 10.8. The summed E-state index contributed by atoms with van der Waals surface area (Å²) in [7, 11) is 0. The van der Waals surface area contributed by atoms with Crippen molar-refractivity contribution in [3.05, 3.63) is 95.2 Å². The van der Waals surface area contributed by atoms with Crippen LogP contribution in [0.3, 0.4) is 0 Å². The van der Waals surface area contributed by atoms with Crippen molar-refractivity contribution in [2.45, 2.75) is 12.5 Å². The highest BCUT2D eigenvalue weighted by atomic mass is 16.7. The maximum absolute atomic E-state index is 13.3. The van der Waals surface area contributed by atoms with Crippen LogP contribution in [0, 0.1) is 0 Å². The van der Waals surface area contributed by atoms with Gasteiger partial charge >= 0.3 is 6.03 Å². The number of H-pyrrole nitrogens is 1. The molecule has 33 heavy (non-hydrogen) atoms. The molecule has 7 heteroatoms. The van der Waals surface area contributed by atoms with Gasteiger partial charge in [0.15, 0.2) is 11.5 Å². The van der Waals surface area contributed by atoms with Gasteiger partial charge in [0.25, 0.3) is 5.91 Å². The molecule has 6 rings (SSSR count). The number of rotatable bonds is 2. The fourth-order valence-electron chi connectivity index (χ4n) is 4.72. The third-order valence-electron chi connectivity index (χ3n) is 6.26.